The Bertz CT molecular complexity index is 324. The second kappa shape index (κ2) is 4.63. The van der Waals surface area contributed by atoms with Crippen LogP contribution in [-0.2, 0) is 10.0 Å². The number of rotatable bonds is 3. The number of sulfonamides is 1. The summed E-state index contributed by atoms with van der Waals surface area (Å²) in [4.78, 5) is 0. The van der Waals surface area contributed by atoms with Crippen molar-refractivity contribution in [3.8, 4) is 0 Å². The van der Waals surface area contributed by atoms with Gasteiger partial charge in [-0.1, -0.05) is 6.92 Å². The Morgan fingerprint density at radius 1 is 1.25 bits per heavy atom. The summed E-state index contributed by atoms with van der Waals surface area (Å²) in [6.45, 7) is 9.83. The zero-order valence-electron chi connectivity index (χ0n) is 10.8. The third-order valence-corrected chi connectivity index (χ3v) is 5.44. The molecule has 1 heterocycles. The van der Waals surface area contributed by atoms with Crippen molar-refractivity contribution in [2.75, 3.05) is 19.6 Å². The molecular formula is C11H24N2O2S. The molecule has 0 atom stereocenters. The number of hydrogen-bond acceptors (Lipinski definition) is 3. The minimum Gasteiger partial charge on any atom is -0.317 e. The monoisotopic (exact) mass is 248 g/mol. The lowest BCUT2D eigenvalue weighted by Gasteiger charge is -2.35. The molecule has 1 aliphatic heterocycles. The van der Waals surface area contributed by atoms with Gasteiger partial charge in [0.15, 0.2) is 0 Å². The molecule has 0 unspecified atom stereocenters. The predicted octanol–water partition coefficient (Wildman–Crippen LogP) is 1.09. The lowest BCUT2D eigenvalue weighted by Crippen LogP contribution is -2.47. The van der Waals surface area contributed by atoms with Crippen molar-refractivity contribution in [2.45, 2.75) is 45.3 Å². The fourth-order valence-electron chi connectivity index (χ4n) is 1.69. The van der Waals surface area contributed by atoms with Crippen molar-refractivity contribution in [1.82, 2.24) is 10.0 Å². The second-order valence-corrected chi connectivity index (χ2v) is 8.52. The molecule has 1 fully saturated rings. The van der Waals surface area contributed by atoms with Crippen molar-refractivity contribution in [2.24, 2.45) is 5.41 Å². The molecule has 4 nitrogen and oxygen atoms in total. The van der Waals surface area contributed by atoms with Crippen LogP contribution in [-0.4, -0.2) is 32.8 Å². The maximum atomic E-state index is 11.9. The molecule has 0 aromatic heterocycles. The SMILES string of the molecule is CC1(CNS(=O)(=O)C(C)(C)C)CCNCC1. The van der Waals surface area contributed by atoms with Crippen LogP contribution in [0.4, 0.5) is 0 Å². The number of nitrogens with one attached hydrogen (secondary N) is 2. The molecule has 1 saturated heterocycles. The van der Waals surface area contributed by atoms with Gasteiger partial charge >= 0.3 is 0 Å². The summed E-state index contributed by atoms with van der Waals surface area (Å²) in [5, 5.41) is 3.29. The quantitative estimate of drug-likeness (QED) is 0.786. The van der Waals surface area contributed by atoms with Crippen LogP contribution < -0.4 is 10.0 Å². The van der Waals surface area contributed by atoms with E-state index in [-0.39, 0.29) is 5.41 Å². The van der Waals surface area contributed by atoms with Crippen LogP contribution in [0.5, 0.6) is 0 Å². The van der Waals surface area contributed by atoms with Crippen molar-refractivity contribution in [1.29, 1.82) is 0 Å². The number of piperidine rings is 1. The summed E-state index contributed by atoms with van der Waals surface area (Å²) in [6, 6.07) is 0. The van der Waals surface area contributed by atoms with Crippen LogP contribution in [0.25, 0.3) is 0 Å². The first-order valence-corrected chi connectivity index (χ1v) is 7.35. The molecule has 0 radical (unpaired) electrons. The van der Waals surface area contributed by atoms with E-state index in [0.717, 1.165) is 25.9 Å². The normalized spacial score (nSPS) is 22.0. The van der Waals surface area contributed by atoms with E-state index in [4.69, 9.17) is 0 Å². The average Bonchev–Trinajstić information content (AvgIpc) is 2.15. The fourth-order valence-corrected chi connectivity index (χ4v) is 2.66. The summed E-state index contributed by atoms with van der Waals surface area (Å²) in [5.74, 6) is 0. The van der Waals surface area contributed by atoms with Gasteiger partial charge in [-0.3, -0.25) is 0 Å². The fraction of sp³-hybridized carbons (Fsp3) is 1.00. The van der Waals surface area contributed by atoms with Gasteiger partial charge in [0, 0.05) is 6.54 Å². The zero-order chi connectivity index (χ0) is 12.4. The summed E-state index contributed by atoms with van der Waals surface area (Å²) in [7, 11) is -3.21. The molecule has 0 aliphatic carbocycles. The van der Waals surface area contributed by atoms with Gasteiger partial charge in [0.1, 0.15) is 0 Å². The highest BCUT2D eigenvalue weighted by Crippen LogP contribution is 2.27. The smallest absolute Gasteiger partial charge is 0.216 e. The lowest BCUT2D eigenvalue weighted by molar-refractivity contribution is 0.232. The Morgan fingerprint density at radius 3 is 2.19 bits per heavy atom. The lowest BCUT2D eigenvalue weighted by atomic mass is 9.81. The molecule has 0 aromatic rings. The third-order valence-electron chi connectivity index (χ3n) is 3.31. The zero-order valence-corrected chi connectivity index (χ0v) is 11.6. The molecular weight excluding hydrogens is 224 g/mol. The van der Waals surface area contributed by atoms with E-state index < -0.39 is 14.8 Å². The van der Waals surface area contributed by atoms with Gasteiger partial charge < -0.3 is 5.32 Å². The molecule has 0 amide bonds. The molecule has 0 saturated carbocycles. The van der Waals surface area contributed by atoms with E-state index >= 15 is 0 Å². The van der Waals surface area contributed by atoms with Crippen LogP contribution in [0.15, 0.2) is 0 Å². The van der Waals surface area contributed by atoms with Gasteiger partial charge in [-0.15, -0.1) is 0 Å². The predicted molar refractivity (Wildman–Crippen MR) is 66.9 cm³/mol. The van der Waals surface area contributed by atoms with Crippen molar-refractivity contribution >= 4 is 10.0 Å². The second-order valence-electron chi connectivity index (χ2n) is 6.00. The standard InChI is InChI=1S/C11H24N2O2S/c1-10(2,3)16(14,15)13-9-11(4)5-7-12-8-6-11/h12-13H,5-9H2,1-4H3. The Morgan fingerprint density at radius 2 is 1.75 bits per heavy atom. The van der Waals surface area contributed by atoms with E-state index in [0.29, 0.717) is 6.54 Å². The third kappa shape index (κ3) is 3.43. The summed E-state index contributed by atoms with van der Waals surface area (Å²) < 4.78 is 25.8. The maximum absolute atomic E-state index is 11.9. The number of hydrogen-bond donors (Lipinski definition) is 2. The van der Waals surface area contributed by atoms with Crippen molar-refractivity contribution in [3.05, 3.63) is 0 Å². The van der Waals surface area contributed by atoms with Crippen molar-refractivity contribution < 1.29 is 8.42 Å². The molecule has 5 heteroatoms. The topological polar surface area (TPSA) is 58.2 Å². The van der Waals surface area contributed by atoms with Crippen molar-refractivity contribution in [3.63, 3.8) is 0 Å². The first-order chi connectivity index (χ1) is 7.16. The van der Waals surface area contributed by atoms with Crippen LogP contribution in [0.3, 0.4) is 0 Å². The Kier molecular flexibility index (Phi) is 4.03. The molecule has 1 aliphatic rings. The van der Waals surface area contributed by atoms with E-state index in [2.05, 4.69) is 17.0 Å². The van der Waals surface area contributed by atoms with E-state index in [1.54, 1.807) is 20.8 Å². The van der Waals surface area contributed by atoms with E-state index in [9.17, 15) is 8.42 Å². The van der Waals surface area contributed by atoms with Crippen LogP contribution in [0.2, 0.25) is 0 Å². The van der Waals surface area contributed by atoms with Gasteiger partial charge in [-0.2, -0.15) is 0 Å². The highest BCUT2D eigenvalue weighted by molar-refractivity contribution is 7.90. The minimum absolute atomic E-state index is 0.101. The van der Waals surface area contributed by atoms with Crippen LogP contribution >= 0.6 is 0 Å². The molecule has 0 aromatic carbocycles. The first-order valence-electron chi connectivity index (χ1n) is 5.86. The van der Waals surface area contributed by atoms with Crippen LogP contribution in [0, 0.1) is 5.41 Å². The summed E-state index contributed by atoms with van der Waals surface area (Å²) in [5.41, 5.74) is 0.101. The van der Waals surface area contributed by atoms with Gasteiger partial charge in [0.05, 0.1) is 4.75 Å². The summed E-state index contributed by atoms with van der Waals surface area (Å²) >= 11 is 0. The minimum atomic E-state index is -3.21. The Hall–Kier alpha value is -0.130. The van der Waals surface area contributed by atoms with Gasteiger partial charge in [0.2, 0.25) is 10.0 Å². The van der Waals surface area contributed by atoms with Gasteiger partial charge in [0.25, 0.3) is 0 Å². The summed E-state index contributed by atoms with van der Waals surface area (Å²) in [6.07, 6.45) is 2.05. The first kappa shape index (κ1) is 13.9. The van der Waals surface area contributed by atoms with Gasteiger partial charge in [-0.05, 0) is 52.1 Å². The molecule has 2 N–H and O–H groups in total. The van der Waals surface area contributed by atoms with E-state index in [1.807, 2.05) is 0 Å². The molecule has 0 spiro atoms. The molecule has 1 rings (SSSR count). The van der Waals surface area contributed by atoms with Crippen LogP contribution in [0.1, 0.15) is 40.5 Å². The largest absolute Gasteiger partial charge is 0.317 e. The van der Waals surface area contributed by atoms with E-state index in [1.165, 1.54) is 0 Å². The molecule has 0 bridgehead atoms. The highest BCUT2D eigenvalue weighted by Gasteiger charge is 2.33. The maximum Gasteiger partial charge on any atom is 0.216 e. The molecule has 16 heavy (non-hydrogen) atoms. The Labute approximate surface area is 99.2 Å². The highest BCUT2D eigenvalue weighted by atomic mass is 32.2. The Balaban J connectivity index is 2.57. The molecule has 96 valence electrons. The van der Waals surface area contributed by atoms with Gasteiger partial charge in [-0.25, -0.2) is 13.1 Å². The average molecular weight is 248 g/mol.